The molecular weight excluding hydrogens is 190 g/mol. The molecule has 1 saturated carbocycles. The molecule has 1 amide bonds. The molecule has 1 aliphatic carbocycles. The number of amides is 1. The van der Waals surface area contributed by atoms with Crippen molar-refractivity contribution < 1.29 is 13.2 Å². The molecule has 0 unspecified atom stereocenters. The molecule has 76 valence electrons. The molecule has 4 nitrogen and oxygen atoms in total. The van der Waals surface area contributed by atoms with Gasteiger partial charge >= 0.3 is 0 Å². The molecule has 0 aromatic heterocycles. The second kappa shape index (κ2) is 4.60. The van der Waals surface area contributed by atoms with Crippen LogP contribution in [0.2, 0.25) is 0 Å². The van der Waals surface area contributed by atoms with Gasteiger partial charge in [-0.05, 0) is 12.8 Å². The minimum Gasteiger partial charge on any atom is -0.278 e. The summed E-state index contributed by atoms with van der Waals surface area (Å²) in [7, 11) is -3.37. The fourth-order valence-corrected chi connectivity index (χ4v) is 3.00. The van der Waals surface area contributed by atoms with Crippen LogP contribution in [0.25, 0.3) is 0 Å². The first kappa shape index (κ1) is 10.5. The van der Waals surface area contributed by atoms with Gasteiger partial charge in [0.1, 0.15) is 0 Å². The van der Waals surface area contributed by atoms with E-state index in [0.29, 0.717) is 12.8 Å². The summed E-state index contributed by atoms with van der Waals surface area (Å²) in [6.07, 6.45) is 5.72. The summed E-state index contributed by atoms with van der Waals surface area (Å²) in [5, 5.41) is -0.361. The van der Waals surface area contributed by atoms with E-state index in [1.807, 2.05) is 4.72 Å². The van der Waals surface area contributed by atoms with E-state index in [1.54, 1.807) is 0 Å². The van der Waals surface area contributed by atoms with E-state index < -0.39 is 10.0 Å². The summed E-state index contributed by atoms with van der Waals surface area (Å²) in [6, 6.07) is 0. The Hall–Kier alpha value is -0.580. The second-order valence-corrected chi connectivity index (χ2v) is 5.39. The molecule has 1 N–H and O–H groups in total. The van der Waals surface area contributed by atoms with Crippen molar-refractivity contribution in [2.75, 3.05) is 0 Å². The summed E-state index contributed by atoms with van der Waals surface area (Å²) in [4.78, 5) is 10.1. The van der Waals surface area contributed by atoms with Gasteiger partial charge in [0.25, 0.3) is 0 Å². The zero-order valence-electron chi connectivity index (χ0n) is 7.53. The molecule has 0 aromatic carbocycles. The molecule has 0 radical (unpaired) electrons. The number of sulfonamides is 1. The lowest BCUT2D eigenvalue weighted by molar-refractivity contribution is -0.108. The molecule has 1 aliphatic rings. The maximum Gasteiger partial charge on any atom is 0.237 e. The summed E-state index contributed by atoms with van der Waals surface area (Å²) in [6.45, 7) is 0. The molecule has 1 rings (SSSR count). The highest BCUT2D eigenvalue weighted by Crippen LogP contribution is 2.21. The predicted molar refractivity (Wildman–Crippen MR) is 49.6 cm³/mol. The summed E-state index contributed by atoms with van der Waals surface area (Å²) in [5.74, 6) is 0. The van der Waals surface area contributed by atoms with Gasteiger partial charge in [-0.3, -0.25) is 9.52 Å². The van der Waals surface area contributed by atoms with Gasteiger partial charge in [0.2, 0.25) is 16.4 Å². The average molecular weight is 205 g/mol. The van der Waals surface area contributed by atoms with Gasteiger partial charge in [-0.15, -0.1) is 0 Å². The summed E-state index contributed by atoms with van der Waals surface area (Å²) in [5.41, 5.74) is 0. The van der Waals surface area contributed by atoms with E-state index >= 15 is 0 Å². The number of carbonyl (C=O) groups is 1. The van der Waals surface area contributed by atoms with E-state index in [0.717, 1.165) is 25.7 Å². The van der Waals surface area contributed by atoms with Crippen LogP contribution in [0.3, 0.4) is 0 Å². The Morgan fingerprint density at radius 1 is 1.08 bits per heavy atom. The highest BCUT2D eigenvalue weighted by Gasteiger charge is 2.25. The molecule has 5 heteroatoms. The third kappa shape index (κ3) is 2.99. The van der Waals surface area contributed by atoms with Gasteiger partial charge in [0.15, 0.2) is 0 Å². The van der Waals surface area contributed by atoms with Crippen molar-refractivity contribution in [1.29, 1.82) is 0 Å². The van der Waals surface area contributed by atoms with Gasteiger partial charge in [-0.25, -0.2) is 8.42 Å². The van der Waals surface area contributed by atoms with Crippen molar-refractivity contribution in [1.82, 2.24) is 4.72 Å². The molecule has 0 saturated heterocycles. The minimum atomic E-state index is -3.37. The highest BCUT2D eigenvalue weighted by atomic mass is 32.2. The Morgan fingerprint density at radius 3 is 2.08 bits per heavy atom. The predicted octanol–water partition coefficient (Wildman–Crippen LogP) is 0.785. The topological polar surface area (TPSA) is 63.2 Å². The quantitative estimate of drug-likeness (QED) is 0.547. The van der Waals surface area contributed by atoms with Crippen LogP contribution in [0.15, 0.2) is 0 Å². The number of rotatable bonds is 3. The van der Waals surface area contributed by atoms with Crippen LogP contribution in [0.5, 0.6) is 0 Å². The van der Waals surface area contributed by atoms with Crippen molar-refractivity contribution in [2.45, 2.75) is 43.8 Å². The molecule has 13 heavy (non-hydrogen) atoms. The first-order valence-electron chi connectivity index (χ1n) is 4.61. The van der Waals surface area contributed by atoms with Crippen molar-refractivity contribution in [3.63, 3.8) is 0 Å². The Morgan fingerprint density at radius 2 is 1.62 bits per heavy atom. The van der Waals surface area contributed by atoms with Crippen molar-refractivity contribution in [2.24, 2.45) is 0 Å². The van der Waals surface area contributed by atoms with Crippen LogP contribution >= 0.6 is 0 Å². The van der Waals surface area contributed by atoms with Gasteiger partial charge in [-0.1, -0.05) is 25.7 Å². The monoisotopic (exact) mass is 205 g/mol. The smallest absolute Gasteiger partial charge is 0.237 e. The maximum atomic E-state index is 11.4. The lowest BCUT2D eigenvalue weighted by atomic mass is 10.2. The lowest BCUT2D eigenvalue weighted by Gasteiger charge is -2.12. The molecule has 0 atom stereocenters. The first-order chi connectivity index (χ1) is 6.17. The second-order valence-electron chi connectivity index (χ2n) is 3.39. The van der Waals surface area contributed by atoms with Crippen molar-refractivity contribution >= 4 is 16.4 Å². The third-order valence-corrected chi connectivity index (χ3v) is 4.23. The van der Waals surface area contributed by atoms with E-state index in [4.69, 9.17) is 0 Å². The number of hydrogen-bond donors (Lipinski definition) is 1. The Bertz CT molecular complexity index is 253. The van der Waals surface area contributed by atoms with Gasteiger partial charge in [-0.2, -0.15) is 0 Å². The van der Waals surface area contributed by atoms with Crippen LogP contribution in [0.4, 0.5) is 0 Å². The Balaban J connectivity index is 2.62. The molecule has 1 fully saturated rings. The Kier molecular flexibility index (Phi) is 3.71. The lowest BCUT2D eigenvalue weighted by Crippen LogP contribution is -2.33. The van der Waals surface area contributed by atoms with E-state index in [-0.39, 0.29) is 11.7 Å². The van der Waals surface area contributed by atoms with Crippen molar-refractivity contribution in [3.8, 4) is 0 Å². The fraction of sp³-hybridized carbons (Fsp3) is 0.875. The number of carbonyl (C=O) groups excluding carboxylic acids is 1. The summed E-state index contributed by atoms with van der Waals surface area (Å²) < 4.78 is 24.7. The SMILES string of the molecule is O=CNS(=O)(=O)C1CCCCCC1. The van der Waals surface area contributed by atoms with E-state index in [2.05, 4.69) is 0 Å². The zero-order valence-corrected chi connectivity index (χ0v) is 8.35. The Labute approximate surface area is 78.8 Å². The standard InChI is InChI=1S/C8H15NO3S/c10-7-9-13(11,12)8-5-3-1-2-4-6-8/h7-8H,1-6H2,(H,9,10). The first-order valence-corrected chi connectivity index (χ1v) is 6.16. The van der Waals surface area contributed by atoms with E-state index in [9.17, 15) is 13.2 Å². The molecule has 0 aliphatic heterocycles. The van der Waals surface area contributed by atoms with Crippen LogP contribution < -0.4 is 4.72 Å². The maximum absolute atomic E-state index is 11.4. The normalized spacial score (nSPS) is 20.6. The van der Waals surface area contributed by atoms with Crippen LogP contribution in [-0.4, -0.2) is 20.1 Å². The zero-order chi connectivity index (χ0) is 9.73. The van der Waals surface area contributed by atoms with Crippen molar-refractivity contribution in [3.05, 3.63) is 0 Å². The third-order valence-electron chi connectivity index (χ3n) is 2.45. The molecular formula is C8H15NO3S. The molecule has 0 heterocycles. The van der Waals surface area contributed by atoms with E-state index in [1.165, 1.54) is 0 Å². The molecule has 0 spiro atoms. The van der Waals surface area contributed by atoms with Gasteiger partial charge in [0.05, 0.1) is 5.25 Å². The fourth-order valence-electron chi connectivity index (χ4n) is 1.72. The highest BCUT2D eigenvalue weighted by molar-refractivity contribution is 7.90. The van der Waals surface area contributed by atoms with Gasteiger partial charge < -0.3 is 0 Å². The number of nitrogens with one attached hydrogen (secondary N) is 1. The van der Waals surface area contributed by atoms with Crippen LogP contribution in [0.1, 0.15) is 38.5 Å². The minimum absolute atomic E-state index is 0.250. The average Bonchev–Trinajstić information content (AvgIpc) is 2.31. The summed E-state index contributed by atoms with van der Waals surface area (Å²) >= 11 is 0. The van der Waals surface area contributed by atoms with Crippen LogP contribution in [-0.2, 0) is 14.8 Å². The largest absolute Gasteiger partial charge is 0.278 e. The molecule has 0 bridgehead atoms. The number of hydrogen-bond acceptors (Lipinski definition) is 3. The molecule has 0 aromatic rings. The van der Waals surface area contributed by atoms with Gasteiger partial charge in [0, 0.05) is 0 Å². The van der Waals surface area contributed by atoms with Crippen LogP contribution in [0, 0.1) is 0 Å².